The molecular weight excluding hydrogens is 304 g/mol. The first kappa shape index (κ1) is 18.5. The predicted octanol–water partition coefficient (Wildman–Crippen LogP) is 3.05. The number of aryl methyl sites for hydroxylation is 2. The standard InChI is InChI=1S/C19H28N2O3/c1-13-5-6-14(2)17(11-13)20-18(22)12-21(4)19(23)10-9-16-8-7-15(3)24-16/h5-6,11,15-16H,7-10,12H2,1-4H3,(H,20,22)/t15-,16+/m1/s1. The van der Waals surface area contributed by atoms with Crippen molar-refractivity contribution in [2.45, 2.75) is 58.7 Å². The third-order valence-electron chi connectivity index (χ3n) is 4.47. The Kier molecular flexibility index (Phi) is 6.37. The van der Waals surface area contributed by atoms with E-state index in [0.717, 1.165) is 36.1 Å². The Bertz CT molecular complexity index is 600. The van der Waals surface area contributed by atoms with Crippen molar-refractivity contribution < 1.29 is 14.3 Å². The lowest BCUT2D eigenvalue weighted by Crippen LogP contribution is -2.35. The minimum Gasteiger partial charge on any atom is -0.375 e. The average molecular weight is 332 g/mol. The van der Waals surface area contributed by atoms with Crippen LogP contribution in [0.5, 0.6) is 0 Å². The van der Waals surface area contributed by atoms with E-state index in [1.54, 1.807) is 7.05 Å². The summed E-state index contributed by atoms with van der Waals surface area (Å²) in [5.41, 5.74) is 2.90. The lowest BCUT2D eigenvalue weighted by Gasteiger charge is -2.18. The molecule has 1 fully saturated rings. The molecule has 0 aromatic heterocycles. The summed E-state index contributed by atoms with van der Waals surface area (Å²) in [6, 6.07) is 5.92. The van der Waals surface area contributed by atoms with E-state index in [-0.39, 0.29) is 24.5 Å². The van der Waals surface area contributed by atoms with Gasteiger partial charge in [0.25, 0.3) is 0 Å². The molecule has 2 rings (SSSR count). The molecule has 1 saturated heterocycles. The van der Waals surface area contributed by atoms with E-state index < -0.39 is 0 Å². The van der Waals surface area contributed by atoms with Crippen molar-refractivity contribution in [1.82, 2.24) is 4.90 Å². The Morgan fingerprint density at radius 3 is 2.71 bits per heavy atom. The van der Waals surface area contributed by atoms with E-state index in [1.165, 1.54) is 4.90 Å². The molecule has 1 aliphatic heterocycles. The smallest absolute Gasteiger partial charge is 0.243 e. The van der Waals surface area contributed by atoms with Gasteiger partial charge >= 0.3 is 0 Å². The van der Waals surface area contributed by atoms with Crippen molar-refractivity contribution in [1.29, 1.82) is 0 Å². The fraction of sp³-hybridized carbons (Fsp3) is 0.579. The Hall–Kier alpha value is -1.88. The summed E-state index contributed by atoms with van der Waals surface area (Å²) < 4.78 is 5.73. The summed E-state index contributed by atoms with van der Waals surface area (Å²) in [6.07, 6.45) is 3.71. The maximum atomic E-state index is 12.2. The second-order valence-electron chi connectivity index (χ2n) is 6.80. The van der Waals surface area contributed by atoms with E-state index in [9.17, 15) is 9.59 Å². The topological polar surface area (TPSA) is 58.6 Å². The monoisotopic (exact) mass is 332 g/mol. The number of hydrogen-bond donors (Lipinski definition) is 1. The SMILES string of the molecule is Cc1ccc(C)c(NC(=O)CN(C)C(=O)CC[C@@H]2CC[C@@H](C)O2)c1. The molecule has 5 nitrogen and oxygen atoms in total. The van der Waals surface area contributed by atoms with Gasteiger partial charge in [-0.05, 0) is 57.2 Å². The predicted molar refractivity (Wildman–Crippen MR) is 95.0 cm³/mol. The molecule has 2 amide bonds. The van der Waals surface area contributed by atoms with E-state index in [2.05, 4.69) is 12.2 Å². The van der Waals surface area contributed by atoms with E-state index >= 15 is 0 Å². The van der Waals surface area contributed by atoms with Gasteiger partial charge in [-0.15, -0.1) is 0 Å². The van der Waals surface area contributed by atoms with Crippen LogP contribution in [-0.4, -0.2) is 42.5 Å². The molecule has 1 N–H and O–H groups in total. The number of carbonyl (C=O) groups excluding carboxylic acids is 2. The molecule has 1 aromatic rings. The third-order valence-corrected chi connectivity index (χ3v) is 4.47. The van der Waals surface area contributed by atoms with Gasteiger partial charge in [0.05, 0.1) is 18.8 Å². The van der Waals surface area contributed by atoms with Crippen LogP contribution < -0.4 is 5.32 Å². The normalized spacial score (nSPS) is 20.0. The molecular formula is C19H28N2O3. The molecule has 1 aliphatic rings. The molecule has 0 aliphatic carbocycles. The third kappa shape index (κ3) is 5.34. The first-order valence-corrected chi connectivity index (χ1v) is 8.61. The zero-order valence-electron chi connectivity index (χ0n) is 15.1. The summed E-state index contributed by atoms with van der Waals surface area (Å²) in [5.74, 6) is -0.195. The van der Waals surface area contributed by atoms with E-state index in [1.807, 2.05) is 32.0 Å². The number of amides is 2. The zero-order chi connectivity index (χ0) is 17.7. The molecule has 0 radical (unpaired) electrons. The molecule has 1 aromatic carbocycles. The molecule has 0 unspecified atom stereocenters. The number of nitrogens with zero attached hydrogens (tertiary/aromatic N) is 1. The van der Waals surface area contributed by atoms with Crippen LogP contribution in [0, 0.1) is 13.8 Å². The number of nitrogens with one attached hydrogen (secondary N) is 1. The second-order valence-corrected chi connectivity index (χ2v) is 6.80. The molecule has 24 heavy (non-hydrogen) atoms. The fourth-order valence-electron chi connectivity index (χ4n) is 2.94. The van der Waals surface area contributed by atoms with Gasteiger partial charge in [-0.2, -0.15) is 0 Å². The highest BCUT2D eigenvalue weighted by atomic mass is 16.5. The van der Waals surface area contributed by atoms with E-state index in [0.29, 0.717) is 12.5 Å². The van der Waals surface area contributed by atoms with Crippen molar-refractivity contribution in [3.05, 3.63) is 29.3 Å². The van der Waals surface area contributed by atoms with Crippen molar-refractivity contribution in [2.75, 3.05) is 18.9 Å². The number of benzene rings is 1. The van der Waals surface area contributed by atoms with Gasteiger partial charge in [-0.3, -0.25) is 9.59 Å². The lowest BCUT2D eigenvalue weighted by molar-refractivity contribution is -0.133. The number of hydrogen-bond acceptors (Lipinski definition) is 3. The molecule has 5 heteroatoms. The highest BCUT2D eigenvalue weighted by Gasteiger charge is 2.23. The van der Waals surface area contributed by atoms with E-state index in [4.69, 9.17) is 4.74 Å². The van der Waals surface area contributed by atoms with Crippen molar-refractivity contribution in [2.24, 2.45) is 0 Å². The maximum absolute atomic E-state index is 12.2. The van der Waals surface area contributed by atoms with Gasteiger partial charge < -0.3 is 15.0 Å². The maximum Gasteiger partial charge on any atom is 0.243 e. The van der Waals surface area contributed by atoms with Crippen LogP contribution >= 0.6 is 0 Å². The van der Waals surface area contributed by atoms with Crippen LogP contribution in [0.1, 0.15) is 43.7 Å². The first-order valence-electron chi connectivity index (χ1n) is 8.61. The summed E-state index contributed by atoms with van der Waals surface area (Å²) in [4.78, 5) is 25.8. The average Bonchev–Trinajstić information content (AvgIpc) is 2.94. The molecule has 2 atom stereocenters. The Labute approximate surface area is 144 Å². The minimum atomic E-state index is -0.176. The van der Waals surface area contributed by atoms with Gasteiger partial charge in [0.1, 0.15) is 0 Å². The largest absolute Gasteiger partial charge is 0.375 e. The number of carbonyl (C=O) groups is 2. The molecule has 0 bridgehead atoms. The Morgan fingerprint density at radius 2 is 2.04 bits per heavy atom. The fourth-order valence-corrected chi connectivity index (χ4v) is 2.94. The van der Waals surface area contributed by atoms with Gasteiger partial charge in [0, 0.05) is 19.2 Å². The molecule has 0 spiro atoms. The minimum absolute atomic E-state index is 0.0192. The summed E-state index contributed by atoms with van der Waals surface area (Å²) in [7, 11) is 1.67. The number of ether oxygens (including phenoxy) is 1. The highest BCUT2D eigenvalue weighted by molar-refractivity contribution is 5.95. The van der Waals surface area contributed by atoms with Gasteiger partial charge in [0.2, 0.25) is 11.8 Å². The number of anilines is 1. The van der Waals surface area contributed by atoms with Gasteiger partial charge in [-0.25, -0.2) is 0 Å². The Morgan fingerprint density at radius 1 is 1.29 bits per heavy atom. The summed E-state index contributed by atoms with van der Waals surface area (Å²) in [5, 5.41) is 2.88. The number of likely N-dealkylation sites (N-methyl/N-ethyl adjacent to an activating group) is 1. The highest BCUT2D eigenvalue weighted by Crippen LogP contribution is 2.22. The van der Waals surface area contributed by atoms with Crippen LogP contribution in [0.3, 0.4) is 0 Å². The first-order chi connectivity index (χ1) is 11.3. The zero-order valence-corrected chi connectivity index (χ0v) is 15.1. The Balaban J connectivity index is 1.78. The van der Waals surface area contributed by atoms with Crippen LogP contribution in [0.4, 0.5) is 5.69 Å². The lowest BCUT2D eigenvalue weighted by atomic mass is 10.1. The van der Waals surface area contributed by atoms with Crippen LogP contribution in [0.2, 0.25) is 0 Å². The van der Waals surface area contributed by atoms with Crippen molar-refractivity contribution in [3.63, 3.8) is 0 Å². The van der Waals surface area contributed by atoms with Crippen LogP contribution in [0.25, 0.3) is 0 Å². The van der Waals surface area contributed by atoms with Crippen molar-refractivity contribution in [3.8, 4) is 0 Å². The van der Waals surface area contributed by atoms with Crippen LogP contribution in [0.15, 0.2) is 18.2 Å². The van der Waals surface area contributed by atoms with Crippen LogP contribution in [-0.2, 0) is 14.3 Å². The quantitative estimate of drug-likeness (QED) is 0.871. The molecule has 1 heterocycles. The van der Waals surface area contributed by atoms with Crippen molar-refractivity contribution >= 4 is 17.5 Å². The number of rotatable bonds is 6. The van der Waals surface area contributed by atoms with Gasteiger partial charge in [-0.1, -0.05) is 12.1 Å². The van der Waals surface area contributed by atoms with Gasteiger partial charge in [0.15, 0.2) is 0 Å². The summed E-state index contributed by atoms with van der Waals surface area (Å²) in [6.45, 7) is 6.06. The molecule has 132 valence electrons. The summed E-state index contributed by atoms with van der Waals surface area (Å²) >= 11 is 0. The second kappa shape index (κ2) is 8.29. The molecule has 0 saturated carbocycles.